The Bertz CT molecular complexity index is 1690. The van der Waals surface area contributed by atoms with Crippen LogP contribution in [0.2, 0.25) is 51.4 Å². The lowest BCUT2D eigenvalue weighted by molar-refractivity contribution is -0.151. The molecule has 0 spiro atoms. The third-order valence-corrected chi connectivity index (χ3v) is 14.0. The molecule has 2 aromatic rings. The first-order chi connectivity index (χ1) is 27.7. The molecule has 2 saturated heterocycles. The van der Waals surface area contributed by atoms with Crippen LogP contribution >= 0.6 is 0 Å². The molecule has 6 atom stereocenters. The maximum atomic E-state index is 12.8. The van der Waals surface area contributed by atoms with Gasteiger partial charge in [-0.05, 0) is 89.7 Å². The molecule has 61 heavy (non-hydrogen) atoms. The molecule has 2 fully saturated rings. The summed E-state index contributed by atoms with van der Waals surface area (Å²) in [4.78, 5) is 25.7. The van der Waals surface area contributed by atoms with Crippen LogP contribution in [-0.2, 0) is 28.4 Å². The van der Waals surface area contributed by atoms with Gasteiger partial charge in [0, 0.05) is 28.0 Å². The zero-order valence-electron chi connectivity index (χ0n) is 39.5. The number of aryl methyl sites for hydroxylation is 4. The van der Waals surface area contributed by atoms with Crippen LogP contribution in [-0.4, -0.2) is 101 Å². The average molecular weight is 885 g/mol. The number of hydrogen-bond donors (Lipinski definition) is 2. The zero-order chi connectivity index (χ0) is 45.4. The fourth-order valence-corrected chi connectivity index (χ4v) is 8.92. The van der Waals surface area contributed by atoms with E-state index >= 15 is 0 Å². The molecule has 0 aromatic heterocycles. The summed E-state index contributed by atoms with van der Waals surface area (Å²) in [6, 6.07) is 9.92. The van der Waals surface area contributed by atoms with E-state index in [0.717, 1.165) is 45.5 Å². The molecular formula is C49H80O10Si2. The van der Waals surface area contributed by atoms with Crippen molar-refractivity contribution in [1.82, 2.24) is 0 Å². The Kier molecular flexibility index (Phi) is 20.1. The quantitative estimate of drug-likeness (QED) is 0.124. The van der Waals surface area contributed by atoms with E-state index in [0.29, 0.717) is 24.3 Å². The molecular weight excluding hydrogens is 805 g/mol. The summed E-state index contributed by atoms with van der Waals surface area (Å²) >= 11 is 0. The molecule has 0 saturated carbocycles. The average Bonchev–Trinajstić information content (AvgIpc) is 3.61. The minimum atomic E-state index is -1.27. The molecule has 2 aromatic carbocycles. The summed E-state index contributed by atoms with van der Waals surface area (Å²) in [6.07, 6.45) is 6.72. The van der Waals surface area contributed by atoms with Gasteiger partial charge < -0.3 is 38.6 Å². The highest BCUT2D eigenvalue weighted by atomic mass is 28.3. The van der Waals surface area contributed by atoms with Crippen LogP contribution in [0.5, 0.6) is 0 Å². The summed E-state index contributed by atoms with van der Waals surface area (Å²) in [6.45, 7) is 33.7. The molecule has 2 aliphatic rings. The van der Waals surface area contributed by atoms with Gasteiger partial charge in [0.05, 0.1) is 49.8 Å². The fourth-order valence-electron chi connectivity index (χ4n) is 7.50. The topological polar surface area (TPSA) is 130 Å². The van der Waals surface area contributed by atoms with E-state index < -0.39 is 27.7 Å². The third-order valence-electron chi connectivity index (χ3n) is 10.6. The van der Waals surface area contributed by atoms with Crippen molar-refractivity contribution in [1.29, 1.82) is 0 Å². The fraction of sp³-hybridized carbons (Fsp3) is 0.633. The van der Waals surface area contributed by atoms with Crippen molar-refractivity contribution < 1.29 is 48.2 Å². The monoisotopic (exact) mass is 885 g/mol. The summed E-state index contributed by atoms with van der Waals surface area (Å²) < 4.78 is 34.8. The van der Waals surface area contributed by atoms with Crippen molar-refractivity contribution in [2.75, 3.05) is 26.4 Å². The number of aliphatic hydroxyl groups is 2. The highest BCUT2D eigenvalue weighted by molar-refractivity contribution is 6.76. The lowest BCUT2D eigenvalue weighted by atomic mass is 9.95. The van der Waals surface area contributed by atoms with Crippen molar-refractivity contribution >= 4 is 40.2 Å². The minimum absolute atomic E-state index is 0. The Morgan fingerprint density at radius 1 is 0.639 bits per heavy atom. The molecule has 10 nitrogen and oxygen atoms in total. The molecule has 0 amide bonds. The minimum Gasteiger partial charge on any atom is -0.462 e. The van der Waals surface area contributed by atoms with Crippen LogP contribution in [0, 0.1) is 39.5 Å². The first-order valence-electron chi connectivity index (χ1n) is 21.5. The molecule has 12 heteroatoms. The van der Waals surface area contributed by atoms with Crippen LogP contribution in [0.25, 0.3) is 12.2 Å². The molecule has 2 aliphatic heterocycles. The van der Waals surface area contributed by atoms with E-state index in [-0.39, 0.29) is 68.8 Å². The Labute approximate surface area is 370 Å². The van der Waals surface area contributed by atoms with Crippen molar-refractivity contribution in [3.63, 3.8) is 0 Å². The highest BCUT2D eigenvalue weighted by Gasteiger charge is 2.44. The Morgan fingerprint density at radius 3 is 1.26 bits per heavy atom. The maximum absolute atomic E-state index is 12.8. The van der Waals surface area contributed by atoms with E-state index in [4.69, 9.17) is 28.4 Å². The van der Waals surface area contributed by atoms with Crippen LogP contribution in [0.4, 0.5) is 0 Å². The molecule has 344 valence electrons. The number of ether oxygens (including phenoxy) is 6. The van der Waals surface area contributed by atoms with Crippen LogP contribution < -0.4 is 0 Å². The zero-order valence-corrected chi connectivity index (χ0v) is 41.5. The number of carbonyl (C=O) groups is 2. The van der Waals surface area contributed by atoms with Gasteiger partial charge in [-0.15, -0.1) is 0 Å². The number of benzene rings is 2. The number of rotatable bonds is 16. The lowest BCUT2D eigenvalue weighted by Crippen LogP contribution is -2.31. The molecule has 2 unspecified atom stereocenters. The van der Waals surface area contributed by atoms with E-state index in [1.54, 1.807) is 0 Å². The standard InChI is InChI=1S/2C24H38O5Si.CH4/c2*1-16-13-18(3)21(23(26)27-11-12-30(6,7)8)19(14-16)10-9-17(2)22-20(15-25)28-24(4,5)29-22;/h2*9-10,13-14,17,20,22,25H,11-12,15H2,1-8H3;1H4/b2*10-9+;/t2*17?,20-,22+;/m11./s1. The predicted octanol–water partition coefficient (Wildman–Crippen LogP) is 10.6. The van der Waals surface area contributed by atoms with Gasteiger partial charge in [-0.2, -0.15) is 0 Å². The first-order valence-corrected chi connectivity index (χ1v) is 28.9. The van der Waals surface area contributed by atoms with Gasteiger partial charge >= 0.3 is 11.9 Å². The molecule has 0 bridgehead atoms. The normalized spacial score (nSPS) is 22.1. The van der Waals surface area contributed by atoms with Crippen LogP contribution in [0.15, 0.2) is 36.4 Å². The summed E-state index contributed by atoms with van der Waals surface area (Å²) in [5.41, 5.74) is 6.92. The molecule has 4 rings (SSSR count). The third kappa shape index (κ3) is 16.9. The number of hydrogen-bond acceptors (Lipinski definition) is 10. The Balaban J connectivity index is 0.000000413. The second-order valence-corrected chi connectivity index (χ2v) is 31.3. The summed E-state index contributed by atoms with van der Waals surface area (Å²) in [7, 11) is -2.53. The van der Waals surface area contributed by atoms with Gasteiger partial charge in [-0.3, -0.25) is 0 Å². The number of esters is 2. The summed E-state index contributed by atoms with van der Waals surface area (Å²) in [5.74, 6) is -1.97. The molecule has 0 aliphatic carbocycles. The Morgan fingerprint density at radius 2 is 0.967 bits per heavy atom. The number of carbonyl (C=O) groups excluding carboxylic acids is 2. The van der Waals surface area contributed by atoms with E-state index in [1.165, 1.54) is 0 Å². The van der Waals surface area contributed by atoms with Gasteiger partial charge in [0.25, 0.3) is 0 Å². The molecule has 2 N–H and O–H groups in total. The SMILES string of the molecule is C.Cc1cc(C)c(C(=O)OCC[Si](C)(C)C)c(/C=C/C(C)[C@@H]2OC(C)(C)O[C@@H]2CO)c1.Cc1cc(C)c(C(=O)OCC[Si](C)(C)C)c(/C=C/C(C)[C@@H]2OC(C)(C)O[C@@H]2CO)c1. The second kappa shape index (κ2) is 22.6. The molecule has 2 heterocycles. The van der Waals surface area contributed by atoms with E-state index in [2.05, 4.69) is 39.3 Å². The van der Waals surface area contributed by atoms with Crippen LogP contribution in [0.3, 0.4) is 0 Å². The van der Waals surface area contributed by atoms with Crippen molar-refractivity contribution in [3.05, 3.63) is 80.9 Å². The van der Waals surface area contributed by atoms with Gasteiger partial charge in [0.2, 0.25) is 0 Å². The van der Waals surface area contributed by atoms with Gasteiger partial charge in [-0.25, -0.2) is 9.59 Å². The predicted molar refractivity (Wildman–Crippen MR) is 254 cm³/mol. The number of aliphatic hydroxyl groups excluding tert-OH is 2. The Hall–Kier alpha value is -2.95. The van der Waals surface area contributed by atoms with Crippen LogP contribution in [0.1, 0.15) is 103 Å². The largest absolute Gasteiger partial charge is 0.462 e. The van der Waals surface area contributed by atoms with Gasteiger partial charge in [-0.1, -0.05) is 120 Å². The van der Waals surface area contributed by atoms with Crippen molar-refractivity contribution in [2.45, 2.75) is 164 Å². The lowest BCUT2D eigenvalue weighted by Gasteiger charge is -2.20. The molecule has 0 radical (unpaired) electrons. The van der Waals surface area contributed by atoms with Gasteiger partial charge in [0.1, 0.15) is 12.2 Å². The first kappa shape index (κ1) is 54.2. The van der Waals surface area contributed by atoms with Gasteiger partial charge in [0.15, 0.2) is 11.6 Å². The second-order valence-electron chi connectivity index (χ2n) is 20.1. The maximum Gasteiger partial charge on any atom is 0.338 e. The van der Waals surface area contributed by atoms with Crippen molar-refractivity contribution in [2.24, 2.45) is 11.8 Å². The van der Waals surface area contributed by atoms with E-state index in [9.17, 15) is 19.8 Å². The smallest absolute Gasteiger partial charge is 0.338 e. The van der Waals surface area contributed by atoms with E-state index in [1.807, 2.05) is 118 Å². The van der Waals surface area contributed by atoms with Crippen molar-refractivity contribution in [3.8, 4) is 0 Å². The summed E-state index contributed by atoms with van der Waals surface area (Å²) in [5, 5.41) is 19.3. The highest BCUT2D eigenvalue weighted by Crippen LogP contribution is 2.34.